The molecule has 0 saturated heterocycles. The normalized spacial score (nSPS) is 35.2. The maximum Gasteiger partial charge on any atom is 0.303 e. The lowest BCUT2D eigenvalue weighted by Gasteiger charge is -2.48. The number of rotatable bonds is 4. The Balaban J connectivity index is 1.58. The van der Waals surface area contributed by atoms with Gasteiger partial charge in [0, 0.05) is 6.42 Å². The minimum atomic E-state index is -0.757. The quantitative estimate of drug-likeness (QED) is 0.540. The van der Waals surface area contributed by atoms with Crippen LogP contribution in [0.1, 0.15) is 64.2 Å². The fourth-order valence-corrected chi connectivity index (χ4v) is 4.84. The third-order valence-corrected chi connectivity index (χ3v) is 6.37. The second-order valence-corrected chi connectivity index (χ2v) is 7.99. The summed E-state index contributed by atoms with van der Waals surface area (Å²) < 4.78 is 0. The summed E-state index contributed by atoms with van der Waals surface area (Å²) in [6.07, 6.45) is 10.3. The Hall–Kier alpha value is -1.31. The second kappa shape index (κ2) is 8.38. The van der Waals surface area contributed by atoms with Gasteiger partial charge in [-0.05, 0) is 56.3 Å². The van der Waals surface area contributed by atoms with Crippen LogP contribution in [0.2, 0.25) is 0 Å². The van der Waals surface area contributed by atoms with E-state index in [2.05, 4.69) is 17.9 Å². The second-order valence-electron chi connectivity index (χ2n) is 7.99. The Labute approximate surface area is 150 Å². The van der Waals surface area contributed by atoms with E-state index in [1.807, 2.05) is 0 Å². The van der Waals surface area contributed by atoms with E-state index in [0.29, 0.717) is 24.2 Å². The van der Waals surface area contributed by atoms with E-state index in [4.69, 9.17) is 5.11 Å². The third kappa shape index (κ3) is 4.46. The Kier molecular flexibility index (Phi) is 6.19. The fraction of sp³-hybridized carbons (Fsp3) is 0.762. The molecule has 0 aliphatic heterocycles. The SMILES string of the molecule is O=C(O)CC/C=C1/C[C@H]2C(C#C[C@@H](O)C3CCCCC3)[C@@H](O)CC[C@@H]12. The molecule has 1 unspecified atom stereocenters. The van der Waals surface area contributed by atoms with E-state index in [9.17, 15) is 15.0 Å². The van der Waals surface area contributed by atoms with Crippen molar-refractivity contribution in [3.8, 4) is 11.8 Å². The van der Waals surface area contributed by atoms with E-state index >= 15 is 0 Å². The van der Waals surface area contributed by atoms with E-state index in [-0.39, 0.29) is 12.3 Å². The number of fused-ring (bicyclic) bond motifs is 1. The maximum atomic E-state index is 10.6. The molecule has 0 aromatic rings. The summed E-state index contributed by atoms with van der Waals surface area (Å²) in [5.74, 6) is 6.59. The molecule has 3 fully saturated rings. The number of allylic oxidation sites excluding steroid dienone is 2. The predicted molar refractivity (Wildman–Crippen MR) is 95.6 cm³/mol. The first kappa shape index (κ1) is 18.5. The molecule has 3 N–H and O–H groups in total. The van der Waals surface area contributed by atoms with Crippen LogP contribution in [-0.4, -0.2) is 33.5 Å². The summed E-state index contributed by atoms with van der Waals surface area (Å²) in [5, 5.41) is 29.5. The molecule has 3 rings (SSSR count). The van der Waals surface area contributed by atoms with Gasteiger partial charge in [0.05, 0.1) is 12.0 Å². The summed E-state index contributed by atoms with van der Waals surface area (Å²) in [5.41, 5.74) is 1.35. The van der Waals surface area contributed by atoms with Gasteiger partial charge in [0.25, 0.3) is 0 Å². The van der Waals surface area contributed by atoms with Gasteiger partial charge in [-0.2, -0.15) is 0 Å². The van der Waals surface area contributed by atoms with E-state index in [0.717, 1.165) is 32.1 Å². The lowest BCUT2D eigenvalue weighted by molar-refractivity contribution is -0.136. The number of carboxylic acids is 1. The number of aliphatic carboxylic acids is 1. The van der Waals surface area contributed by atoms with Crippen LogP contribution in [0.4, 0.5) is 0 Å². The largest absolute Gasteiger partial charge is 0.481 e. The molecule has 3 aliphatic carbocycles. The molecule has 0 spiro atoms. The highest BCUT2D eigenvalue weighted by Crippen LogP contribution is 2.51. The Morgan fingerprint density at radius 1 is 1.20 bits per heavy atom. The first-order chi connectivity index (χ1) is 12.1. The van der Waals surface area contributed by atoms with Gasteiger partial charge in [0.1, 0.15) is 6.10 Å². The average Bonchev–Trinajstić information content (AvgIpc) is 2.59. The van der Waals surface area contributed by atoms with Crippen LogP contribution < -0.4 is 0 Å². The van der Waals surface area contributed by atoms with Gasteiger partial charge in [-0.15, -0.1) is 0 Å². The van der Waals surface area contributed by atoms with Crippen molar-refractivity contribution in [2.45, 2.75) is 76.4 Å². The molecule has 4 nitrogen and oxygen atoms in total. The van der Waals surface area contributed by atoms with Crippen molar-refractivity contribution in [2.24, 2.45) is 23.7 Å². The summed E-state index contributed by atoms with van der Waals surface area (Å²) in [7, 11) is 0. The van der Waals surface area contributed by atoms with Crippen LogP contribution >= 0.6 is 0 Å². The van der Waals surface area contributed by atoms with Gasteiger partial charge in [-0.25, -0.2) is 0 Å². The fourth-order valence-electron chi connectivity index (χ4n) is 4.84. The average molecular weight is 346 g/mol. The van der Waals surface area contributed by atoms with Crippen LogP contribution in [0.15, 0.2) is 11.6 Å². The standard InChI is InChI=1S/C21H30O4/c22-19(14-5-2-1-3-6-14)11-10-17-18-13-15(7-4-8-21(24)25)16(18)9-12-20(17)23/h7,14,16-20,22-23H,1-6,8-9,12-13H2,(H,24,25)/b15-7-/t16-,17?,18+,19+,20-/m0/s1. The lowest BCUT2D eigenvalue weighted by atomic mass is 9.57. The molecule has 0 bridgehead atoms. The van der Waals surface area contributed by atoms with Crippen molar-refractivity contribution in [3.05, 3.63) is 11.6 Å². The number of carbonyl (C=O) groups is 1. The first-order valence-electron chi connectivity index (χ1n) is 9.84. The zero-order valence-corrected chi connectivity index (χ0v) is 14.9. The molecule has 4 heteroatoms. The Morgan fingerprint density at radius 2 is 1.96 bits per heavy atom. The highest BCUT2D eigenvalue weighted by Gasteiger charge is 2.46. The van der Waals surface area contributed by atoms with Crippen molar-refractivity contribution >= 4 is 5.97 Å². The van der Waals surface area contributed by atoms with E-state index in [1.165, 1.54) is 24.8 Å². The zero-order valence-electron chi connectivity index (χ0n) is 14.9. The predicted octanol–water partition coefficient (Wildman–Crippen LogP) is 3.13. The van der Waals surface area contributed by atoms with Crippen LogP contribution in [0.25, 0.3) is 0 Å². The van der Waals surface area contributed by atoms with Gasteiger partial charge in [-0.1, -0.05) is 42.8 Å². The summed E-state index contributed by atoms with van der Waals surface area (Å²) in [4.78, 5) is 10.6. The summed E-state index contributed by atoms with van der Waals surface area (Å²) in [6.45, 7) is 0. The minimum Gasteiger partial charge on any atom is -0.481 e. The minimum absolute atomic E-state index is 0.0476. The van der Waals surface area contributed by atoms with E-state index in [1.54, 1.807) is 0 Å². The molecule has 0 aromatic carbocycles. The van der Waals surface area contributed by atoms with Crippen molar-refractivity contribution in [3.63, 3.8) is 0 Å². The molecule has 3 saturated carbocycles. The van der Waals surface area contributed by atoms with Gasteiger partial charge in [0.15, 0.2) is 0 Å². The molecular formula is C21H30O4. The van der Waals surface area contributed by atoms with Crippen LogP contribution in [0, 0.1) is 35.5 Å². The highest BCUT2D eigenvalue weighted by molar-refractivity contribution is 5.66. The van der Waals surface area contributed by atoms with E-state index < -0.39 is 18.2 Å². The molecule has 25 heavy (non-hydrogen) atoms. The third-order valence-electron chi connectivity index (χ3n) is 6.37. The van der Waals surface area contributed by atoms with Crippen LogP contribution in [0.5, 0.6) is 0 Å². The van der Waals surface area contributed by atoms with Gasteiger partial charge >= 0.3 is 5.97 Å². The maximum absolute atomic E-state index is 10.6. The molecule has 0 amide bonds. The molecule has 0 aromatic heterocycles. The number of aliphatic hydroxyl groups is 2. The molecule has 138 valence electrons. The van der Waals surface area contributed by atoms with Crippen molar-refractivity contribution < 1.29 is 20.1 Å². The van der Waals surface area contributed by atoms with Gasteiger partial charge < -0.3 is 15.3 Å². The number of hydrogen-bond donors (Lipinski definition) is 3. The molecular weight excluding hydrogens is 316 g/mol. The van der Waals surface area contributed by atoms with Crippen LogP contribution in [0.3, 0.4) is 0 Å². The smallest absolute Gasteiger partial charge is 0.303 e. The lowest BCUT2D eigenvalue weighted by Crippen LogP contribution is -2.44. The topological polar surface area (TPSA) is 77.8 Å². The summed E-state index contributed by atoms with van der Waals surface area (Å²) in [6, 6.07) is 0. The molecule has 0 heterocycles. The van der Waals surface area contributed by atoms with Gasteiger partial charge in [0.2, 0.25) is 0 Å². The molecule has 3 aliphatic rings. The number of aliphatic hydroxyl groups excluding tert-OH is 2. The van der Waals surface area contributed by atoms with Crippen molar-refractivity contribution in [1.82, 2.24) is 0 Å². The Morgan fingerprint density at radius 3 is 2.68 bits per heavy atom. The Bertz CT molecular complexity index is 564. The van der Waals surface area contributed by atoms with Crippen molar-refractivity contribution in [1.29, 1.82) is 0 Å². The van der Waals surface area contributed by atoms with Gasteiger partial charge in [-0.3, -0.25) is 4.79 Å². The van der Waals surface area contributed by atoms with Crippen molar-refractivity contribution in [2.75, 3.05) is 0 Å². The number of hydrogen-bond acceptors (Lipinski definition) is 3. The number of carboxylic acid groups (broad SMARTS) is 1. The highest BCUT2D eigenvalue weighted by atomic mass is 16.4. The molecule has 5 atom stereocenters. The summed E-state index contributed by atoms with van der Waals surface area (Å²) >= 11 is 0. The zero-order chi connectivity index (χ0) is 17.8. The van der Waals surface area contributed by atoms with Crippen LogP contribution in [-0.2, 0) is 4.79 Å². The molecule has 0 radical (unpaired) electrons. The first-order valence-corrected chi connectivity index (χ1v) is 9.84. The monoisotopic (exact) mass is 346 g/mol.